The molecule has 10 nitrogen and oxygen atoms in total. The molecule has 37 heavy (non-hydrogen) atoms. The predicted octanol–water partition coefficient (Wildman–Crippen LogP) is 3.29. The van der Waals surface area contributed by atoms with Gasteiger partial charge in [0.1, 0.15) is 5.69 Å². The molecule has 1 aromatic heterocycles. The molecule has 0 radical (unpaired) electrons. The molecule has 3 N–H and O–H groups in total. The summed E-state index contributed by atoms with van der Waals surface area (Å²) in [5, 5.41) is 13.6. The molecule has 1 aliphatic heterocycles. The number of fused-ring (bicyclic) bond motifs is 1. The summed E-state index contributed by atoms with van der Waals surface area (Å²) in [5.41, 5.74) is 0.719. The van der Waals surface area contributed by atoms with Crippen molar-refractivity contribution in [2.45, 2.75) is 25.3 Å². The summed E-state index contributed by atoms with van der Waals surface area (Å²) in [6.07, 6.45) is 0.362. The number of benzene rings is 2. The molecule has 0 unspecified atom stereocenters. The quantitative estimate of drug-likeness (QED) is 0.418. The Morgan fingerprint density at radius 2 is 1.65 bits per heavy atom. The monoisotopic (exact) mass is 566 g/mol. The molecule has 0 bridgehead atoms. The summed E-state index contributed by atoms with van der Waals surface area (Å²) >= 11 is 12.5. The third kappa shape index (κ3) is 5.17. The number of nitrogens with zero attached hydrogens (tertiary/aromatic N) is 2. The molecule has 1 fully saturated rings. The Hall–Kier alpha value is -3.12. The van der Waals surface area contributed by atoms with Crippen LogP contribution in [0, 0.1) is 0 Å². The first-order valence-corrected chi connectivity index (χ1v) is 13.4. The van der Waals surface area contributed by atoms with Gasteiger partial charge in [0.15, 0.2) is 0 Å². The van der Waals surface area contributed by atoms with Gasteiger partial charge >= 0.3 is 16.2 Å². The minimum absolute atomic E-state index is 0.0140. The van der Waals surface area contributed by atoms with Gasteiger partial charge in [-0.25, -0.2) is 9.52 Å². The van der Waals surface area contributed by atoms with Gasteiger partial charge in [0, 0.05) is 38.0 Å². The maximum atomic E-state index is 13.6. The van der Waals surface area contributed by atoms with E-state index in [0.717, 1.165) is 11.2 Å². The second-order valence-corrected chi connectivity index (χ2v) is 11.3. The summed E-state index contributed by atoms with van der Waals surface area (Å²) < 4.78 is 29.8. The largest absolute Gasteiger partial charge is 0.478 e. The average Bonchev–Trinajstić information content (AvgIpc) is 3.18. The lowest BCUT2D eigenvalue weighted by Crippen LogP contribution is -2.56. The number of carboxylic acids is 1. The normalized spacial score (nSPS) is 15.9. The highest BCUT2D eigenvalue weighted by Gasteiger charge is 2.41. The Balaban J connectivity index is 1.70. The molecular weight excluding hydrogens is 543 g/mol. The molecule has 2 aromatic carbocycles. The lowest BCUT2D eigenvalue weighted by molar-refractivity contribution is -0.117. The number of hydrogen-bond donors (Lipinski definition) is 3. The van der Waals surface area contributed by atoms with Crippen molar-refractivity contribution in [3.63, 3.8) is 0 Å². The van der Waals surface area contributed by atoms with E-state index in [2.05, 4.69) is 5.32 Å². The number of carboxylic acid groups (broad SMARTS) is 1. The van der Waals surface area contributed by atoms with Gasteiger partial charge in [0.05, 0.1) is 21.1 Å². The molecule has 2 heterocycles. The van der Waals surface area contributed by atoms with Crippen LogP contribution in [0.5, 0.6) is 0 Å². The topological polar surface area (TPSA) is 138 Å². The molecule has 0 aliphatic carbocycles. The van der Waals surface area contributed by atoms with E-state index in [-0.39, 0.29) is 31.5 Å². The van der Waals surface area contributed by atoms with Crippen LogP contribution in [0.2, 0.25) is 10.0 Å². The lowest BCUT2D eigenvalue weighted by Gasteiger charge is -2.42. The zero-order chi connectivity index (χ0) is 27.1. The number of rotatable bonds is 6. The minimum atomic E-state index is -4.03. The number of amides is 2. The van der Waals surface area contributed by atoms with E-state index in [9.17, 15) is 27.9 Å². The molecule has 1 aliphatic rings. The molecular formula is C24H24Cl2N4O6S. The van der Waals surface area contributed by atoms with Crippen molar-refractivity contribution in [1.82, 2.24) is 18.9 Å². The summed E-state index contributed by atoms with van der Waals surface area (Å²) in [7, 11) is -2.31. The standard InChI is InChI=1S/C24H24Cl2N4O6S/c1-14(31)28-37(35,36)30-11-9-24(10-12-30,16-5-3-15(4-6-16)23(33)34)27-22(32)20-13-17-19(29(20)2)8-7-18(25)21(17)26/h3-8,13H,9-12H2,1-2H3,(H,27,32)(H,28,31)(H,33,34). The van der Waals surface area contributed by atoms with Gasteiger partial charge in [-0.1, -0.05) is 35.3 Å². The van der Waals surface area contributed by atoms with E-state index >= 15 is 0 Å². The summed E-state index contributed by atoms with van der Waals surface area (Å²) in [6, 6.07) is 11.1. The Kier molecular flexibility index (Phi) is 7.26. The van der Waals surface area contributed by atoms with Crippen molar-refractivity contribution in [3.05, 3.63) is 69.3 Å². The Labute approximate surface area is 223 Å². The zero-order valence-electron chi connectivity index (χ0n) is 19.9. The highest BCUT2D eigenvalue weighted by Crippen LogP contribution is 2.36. The van der Waals surface area contributed by atoms with Crippen molar-refractivity contribution >= 4 is 62.1 Å². The van der Waals surface area contributed by atoms with E-state index < -0.39 is 33.5 Å². The fraction of sp³-hybridized carbons (Fsp3) is 0.292. The summed E-state index contributed by atoms with van der Waals surface area (Å²) in [6.45, 7) is 1.14. The number of hydrogen-bond acceptors (Lipinski definition) is 5. The van der Waals surface area contributed by atoms with Crippen molar-refractivity contribution in [3.8, 4) is 0 Å². The van der Waals surface area contributed by atoms with E-state index in [0.29, 0.717) is 32.2 Å². The van der Waals surface area contributed by atoms with Crippen LogP contribution in [-0.4, -0.2) is 53.3 Å². The number of aromatic nitrogens is 1. The molecule has 3 aromatic rings. The second kappa shape index (κ2) is 9.97. The fourth-order valence-electron chi connectivity index (χ4n) is 4.62. The number of halogens is 2. The van der Waals surface area contributed by atoms with E-state index in [1.54, 1.807) is 41.9 Å². The third-order valence-electron chi connectivity index (χ3n) is 6.57. The van der Waals surface area contributed by atoms with Crippen molar-refractivity contribution < 1.29 is 27.9 Å². The van der Waals surface area contributed by atoms with Gasteiger partial charge in [0.25, 0.3) is 5.91 Å². The maximum Gasteiger partial charge on any atom is 0.335 e. The SMILES string of the molecule is CC(=O)NS(=O)(=O)N1CCC(NC(=O)c2cc3c(Cl)c(Cl)ccc3n2C)(c2ccc(C(=O)O)cc2)CC1. The van der Waals surface area contributed by atoms with Crippen LogP contribution < -0.4 is 10.0 Å². The maximum absolute atomic E-state index is 13.6. The van der Waals surface area contributed by atoms with Crippen LogP contribution in [0.1, 0.15) is 46.2 Å². The second-order valence-electron chi connectivity index (χ2n) is 8.86. The molecule has 2 amide bonds. The van der Waals surface area contributed by atoms with Gasteiger partial charge in [-0.05, 0) is 48.7 Å². The van der Waals surface area contributed by atoms with Crippen LogP contribution in [0.15, 0.2) is 42.5 Å². The van der Waals surface area contributed by atoms with Crippen molar-refractivity contribution in [2.75, 3.05) is 13.1 Å². The minimum Gasteiger partial charge on any atom is -0.478 e. The number of piperidine rings is 1. The number of aromatic carboxylic acids is 1. The van der Waals surface area contributed by atoms with Crippen LogP contribution in [0.25, 0.3) is 10.9 Å². The van der Waals surface area contributed by atoms with Gasteiger partial charge in [-0.3, -0.25) is 9.59 Å². The molecule has 13 heteroatoms. The van der Waals surface area contributed by atoms with E-state index in [1.807, 2.05) is 4.72 Å². The van der Waals surface area contributed by atoms with Gasteiger partial charge in [-0.2, -0.15) is 12.7 Å². The average molecular weight is 567 g/mol. The van der Waals surface area contributed by atoms with Crippen molar-refractivity contribution in [1.29, 1.82) is 0 Å². The molecule has 196 valence electrons. The molecule has 0 spiro atoms. The smallest absolute Gasteiger partial charge is 0.335 e. The van der Waals surface area contributed by atoms with Crippen molar-refractivity contribution in [2.24, 2.45) is 7.05 Å². The lowest BCUT2D eigenvalue weighted by atomic mass is 9.81. The Bertz CT molecular complexity index is 1510. The summed E-state index contributed by atoms with van der Waals surface area (Å²) in [4.78, 5) is 36.3. The zero-order valence-corrected chi connectivity index (χ0v) is 22.2. The van der Waals surface area contributed by atoms with Crippen LogP contribution in [0.3, 0.4) is 0 Å². The van der Waals surface area contributed by atoms with Gasteiger partial charge in [-0.15, -0.1) is 0 Å². The van der Waals surface area contributed by atoms with Gasteiger partial charge < -0.3 is 15.0 Å². The third-order valence-corrected chi connectivity index (χ3v) is 8.98. The number of carbonyl (C=O) groups excluding carboxylic acids is 2. The Morgan fingerprint density at radius 3 is 2.22 bits per heavy atom. The highest BCUT2D eigenvalue weighted by atomic mass is 35.5. The first-order valence-electron chi connectivity index (χ1n) is 11.2. The highest BCUT2D eigenvalue weighted by molar-refractivity contribution is 7.87. The Morgan fingerprint density at radius 1 is 1.03 bits per heavy atom. The summed E-state index contributed by atoms with van der Waals surface area (Å²) in [5.74, 6) is -2.22. The van der Waals surface area contributed by atoms with E-state index in [1.165, 1.54) is 12.1 Å². The first-order chi connectivity index (χ1) is 17.3. The predicted molar refractivity (Wildman–Crippen MR) is 139 cm³/mol. The molecule has 4 rings (SSSR count). The van der Waals surface area contributed by atoms with Crippen LogP contribution in [0.4, 0.5) is 0 Å². The van der Waals surface area contributed by atoms with E-state index in [4.69, 9.17) is 23.2 Å². The van der Waals surface area contributed by atoms with Gasteiger partial charge in [0.2, 0.25) is 5.91 Å². The van der Waals surface area contributed by atoms with Crippen LogP contribution in [-0.2, 0) is 27.6 Å². The number of carbonyl (C=O) groups is 3. The first kappa shape index (κ1) is 26.9. The molecule has 0 atom stereocenters. The molecule has 1 saturated heterocycles. The number of nitrogens with one attached hydrogen (secondary N) is 2. The fourth-order valence-corrected chi connectivity index (χ4v) is 6.16. The molecule has 0 saturated carbocycles. The van der Waals surface area contributed by atoms with Crippen LogP contribution >= 0.6 is 23.2 Å². The number of aryl methyl sites for hydroxylation is 1.